The topological polar surface area (TPSA) is 82.2 Å². The Labute approximate surface area is 202 Å². The molecule has 1 amide bonds. The molecule has 0 bridgehead atoms. The van der Waals surface area contributed by atoms with Crippen LogP contribution in [0, 0.1) is 6.92 Å². The smallest absolute Gasteiger partial charge is 0.242 e. The highest BCUT2D eigenvalue weighted by molar-refractivity contribution is 8.00. The summed E-state index contributed by atoms with van der Waals surface area (Å²) in [6, 6.07) is 19.3. The van der Waals surface area contributed by atoms with Gasteiger partial charge in [0.15, 0.2) is 5.16 Å². The van der Waals surface area contributed by atoms with E-state index in [0.29, 0.717) is 29.1 Å². The molecule has 1 N–H and O–H groups in total. The number of nitrogens with zero attached hydrogens (tertiary/aromatic N) is 3. The minimum Gasteiger partial charge on any atom is -0.495 e. The van der Waals surface area contributed by atoms with Crippen molar-refractivity contribution in [2.24, 2.45) is 0 Å². The van der Waals surface area contributed by atoms with Gasteiger partial charge in [0.05, 0.1) is 25.6 Å². The van der Waals surface area contributed by atoms with Crippen molar-refractivity contribution in [3.05, 3.63) is 89.6 Å². The lowest BCUT2D eigenvalue weighted by Crippen LogP contribution is -2.20. The van der Waals surface area contributed by atoms with Gasteiger partial charge >= 0.3 is 0 Å². The molecule has 1 atom stereocenters. The summed E-state index contributed by atoms with van der Waals surface area (Å²) in [5.74, 6) is 2.66. The molecule has 34 heavy (non-hydrogen) atoms. The predicted molar refractivity (Wildman–Crippen MR) is 131 cm³/mol. The molecule has 2 heterocycles. The summed E-state index contributed by atoms with van der Waals surface area (Å²) in [6.07, 6.45) is 3.88. The first-order chi connectivity index (χ1) is 16.6. The molecule has 2 aromatic carbocycles. The number of anilines is 1. The molecular formula is C26H26N4O3S. The number of rotatable bonds is 9. The number of hydrogen-bond donors (Lipinski definition) is 1. The second-order valence-corrected chi connectivity index (χ2v) is 9.45. The van der Waals surface area contributed by atoms with E-state index < -0.39 is 5.25 Å². The number of ether oxygens (including phenoxy) is 1. The number of thioether (sulfide) groups is 1. The number of methoxy groups -OCH3 is 1. The fourth-order valence-corrected chi connectivity index (χ4v) is 4.90. The van der Waals surface area contributed by atoms with E-state index in [0.717, 1.165) is 35.6 Å². The molecule has 1 unspecified atom stereocenters. The van der Waals surface area contributed by atoms with Crippen LogP contribution in [0.4, 0.5) is 5.69 Å². The minimum absolute atomic E-state index is 0.152. The fraction of sp³-hybridized carbons (Fsp3) is 0.269. The fourth-order valence-electron chi connectivity index (χ4n) is 3.86. The second-order valence-electron chi connectivity index (χ2n) is 8.38. The third-order valence-corrected chi connectivity index (χ3v) is 6.99. The standard InChI is InChI=1S/C26H26N4O3S/c1-17-10-13-22(32-2)21(15-17)27-25(31)23(18-7-4-3-5-8-18)34-26-29-28-24(19-11-12-19)30(26)16-20-9-6-14-33-20/h3-10,13-15,19,23H,11-12,16H2,1-2H3,(H,27,31). The Kier molecular flexibility index (Phi) is 6.40. The van der Waals surface area contributed by atoms with E-state index in [1.165, 1.54) is 11.8 Å². The molecule has 5 rings (SSSR count). The maximum absolute atomic E-state index is 13.6. The van der Waals surface area contributed by atoms with Crippen molar-refractivity contribution in [3.8, 4) is 5.75 Å². The Morgan fingerprint density at radius 1 is 1.18 bits per heavy atom. The zero-order valence-corrected chi connectivity index (χ0v) is 19.9. The molecule has 0 aliphatic heterocycles. The number of benzene rings is 2. The van der Waals surface area contributed by atoms with Gasteiger partial charge in [0.1, 0.15) is 22.6 Å². The number of amides is 1. The number of hydrogen-bond acceptors (Lipinski definition) is 6. The second kappa shape index (κ2) is 9.77. The van der Waals surface area contributed by atoms with E-state index in [9.17, 15) is 4.79 Å². The van der Waals surface area contributed by atoms with Crippen LogP contribution in [0.1, 0.15) is 46.7 Å². The Bertz CT molecular complexity index is 1270. The highest BCUT2D eigenvalue weighted by Crippen LogP contribution is 2.42. The van der Waals surface area contributed by atoms with Gasteiger partial charge in [0, 0.05) is 5.92 Å². The van der Waals surface area contributed by atoms with Gasteiger partial charge in [-0.05, 0) is 55.2 Å². The third kappa shape index (κ3) is 4.87. The molecule has 1 fully saturated rings. The summed E-state index contributed by atoms with van der Waals surface area (Å²) in [5, 5.41) is 12.2. The number of carbonyl (C=O) groups excluding carboxylic acids is 1. The van der Waals surface area contributed by atoms with E-state index in [4.69, 9.17) is 9.15 Å². The van der Waals surface area contributed by atoms with Crippen LogP contribution in [-0.2, 0) is 11.3 Å². The van der Waals surface area contributed by atoms with Crippen molar-refractivity contribution in [2.45, 2.75) is 42.6 Å². The molecule has 1 aliphatic carbocycles. The summed E-state index contributed by atoms with van der Waals surface area (Å²) in [6.45, 7) is 2.51. The number of carbonyl (C=O) groups is 1. The van der Waals surface area contributed by atoms with Gasteiger partial charge in [-0.15, -0.1) is 10.2 Å². The lowest BCUT2D eigenvalue weighted by molar-refractivity contribution is -0.115. The van der Waals surface area contributed by atoms with Crippen molar-refractivity contribution in [2.75, 3.05) is 12.4 Å². The van der Waals surface area contributed by atoms with Crippen LogP contribution < -0.4 is 10.1 Å². The molecule has 7 nitrogen and oxygen atoms in total. The summed E-state index contributed by atoms with van der Waals surface area (Å²) < 4.78 is 13.1. The van der Waals surface area contributed by atoms with Crippen molar-refractivity contribution in [1.82, 2.24) is 14.8 Å². The largest absolute Gasteiger partial charge is 0.495 e. The van der Waals surface area contributed by atoms with E-state index in [2.05, 4.69) is 20.1 Å². The van der Waals surface area contributed by atoms with E-state index in [1.807, 2.05) is 67.6 Å². The lowest BCUT2D eigenvalue weighted by Gasteiger charge is -2.18. The van der Waals surface area contributed by atoms with Crippen molar-refractivity contribution in [3.63, 3.8) is 0 Å². The van der Waals surface area contributed by atoms with E-state index in [-0.39, 0.29) is 5.91 Å². The van der Waals surface area contributed by atoms with Crippen LogP contribution in [0.5, 0.6) is 5.75 Å². The SMILES string of the molecule is COc1ccc(C)cc1NC(=O)C(Sc1nnc(C2CC2)n1Cc1ccco1)c1ccccc1. The molecule has 4 aromatic rings. The Morgan fingerprint density at radius 2 is 2.00 bits per heavy atom. The summed E-state index contributed by atoms with van der Waals surface area (Å²) in [7, 11) is 1.60. The average molecular weight is 475 g/mol. The van der Waals surface area contributed by atoms with Gasteiger partial charge < -0.3 is 14.5 Å². The van der Waals surface area contributed by atoms with Crippen LogP contribution in [0.3, 0.4) is 0 Å². The zero-order chi connectivity index (χ0) is 23.5. The normalized spacial score (nSPS) is 14.1. The van der Waals surface area contributed by atoms with Crippen molar-refractivity contribution < 1.29 is 13.9 Å². The predicted octanol–water partition coefficient (Wildman–Crippen LogP) is 5.59. The summed E-state index contributed by atoms with van der Waals surface area (Å²) in [4.78, 5) is 13.6. The molecule has 0 saturated heterocycles. The number of nitrogens with one attached hydrogen (secondary N) is 1. The molecule has 174 valence electrons. The lowest BCUT2D eigenvalue weighted by atomic mass is 10.1. The van der Waals surface area contributed by atoms with Gasteiger partial charge in [-0.2, -0.15) is 0 Å². The molecule has 1 saturated carbocycles. The Morgan fingerprint density at radius 3 is 2.71 bits per heavy atom. The molecule has 8 heteroatoms. The van der Waals surface area contributed by atoms with Gasteiger partial charge in [0.25, 0.3) is 0 Å². The Balaban J connectivity index is 1.47. The average Bonchev–Trinajstić information content (AvgIpc) is 3.41. The monoisotopic (exact) mass is 474 g/mol. The van der Waals surface area contributed by atoms with E-state index in [1.54, 1.807) is 13.4 Å². The van der Waals surface area contributed by atoms with Crippen LogP contribution in [0.15, 0.2) is 76.5 Å². The molecular weight excluding hydrogens is 448 g/mol. The highest BCUT2D eigenvalue weighted by Gasteiger charge is 2.33. The number of aromatic nitrogens is 3. The molecule has 0 radical (unpaired) electrons. The number of furan rings is 1. The molecule has 0 spiro atoms. The summed E-state index contributed by atoms with van der Waals surface area (Å²) >= 11 is 1.40. The maximum Gasteiger partial charge on any atom is 0.242 e. The summed E-state index contributed by atoms with van der Waals surface area (Å²) in [5.41, 5.74) is 2.56. The molecule has 2 aromatic heterocycles. The van der Waals surface area contributed by atoms with Crippen LogP contribution in [0.25, 0.3) is 0 Å². The first-order valence-corrected chi connectivity index (χ1v) is 12.1. The maximum atomic E-state index is 13.6. The van der Waals surface area contributed by atoms with Gasteiger partial charge in [-0.1, -0.05) is 48.2 Å². The molecule has 1 aliphatic rings. The van der Waals surface area contributed by atoms with Gasteiger partial charge in [-0.3, -0.25) is 9.36 Å². The number of aryl methyl sites for hydroxylation is 1. The van der Waals surface area contributed by atoms with Gasteiger partial charge in [-0.25, -0.2) is 0 Å². The van der Waals surface area contributed by atoms with Crippen molar-refractivity contribution >= 4 is 23.4 Å². The van der Waals surface area contributed by atoms with Crippen molar-refractivity contribution in [1.29, 1.82) is 0 Å². The van der Waals surface area contributed by atoms with Crippen LogP contribution in [-0.4, -0.2) is 27.8 Å². The van der Waals surface area contributed by atoms with E-state index >= 15 is 0 Å². The first kappa shape index (κ1) is 22.3. The zero-order valence-electron chi connectivity index (χ0n) is 19.1. The minimum atomic E-state index is -0.530. The van der Waals surface area contributed by atoms with Gasteiger partial charge in [0.2, 0.25) is 5.91 Å². The quantitative estimate of drug-likeness (QED) is 0.319. The van der Waals surface area contributed by atoms with Crippen LogP contribution in [0.2, 0.25) is 0 Å². The first-order valence-electron chi connectivity index (χ1n) is 11.2. The van der Waals surface area contributed by atoms with Crippen LogP contribution >= 0.6 is 11.8 Å². The highest BCUT2D eigenvalue weighted by atomic mass is 32.2. The third-order valence-electron chi connectivity index (χ3n) is 5.76. The Hall–Kier alpha value is -3.52.